The first-order valence-electron chi connectivity index (χ1n) is 7.86. The lowest BCUT2D eigenvalue weighted by molar-refractivity contribution is 0.0994. The van der Waals surface area contributed by atoms with Gasteiger partial charge in [-0.15, -0.1) is 0 Å². The summed E-state index contributed by atoms with van der Waals surface area (Å²) in [6.45, 7) is 3.46. The summed E-state index contributed by atoms with van der Waals surface area (Å²) in [5.74, 6) is 0.881. The summed E-state index contributed by atoms with van der Waals surface area (Å²) < 4.78 is 5.33. The van der Waals surface area contributed by atoms with Gasteiger partial charge < -0.3 is 9.73 Å². The molecule has 0 aliphatic rings. The summed E-state index contributed by atoms with van der Waals surface area (Å²) in [5, 5.41) is 2.77. The van der Waals surface area contributed by atoms with Gasteiger partial charge in [0, 0.05) is 13.1 Å². The number of aromatic nitrogens is 2. The molecule has 24 heavy (non-hydrogen) atoms. The fraction of sp³-hybridized carbons (Fsp3) is 0.211. The Bertz CT molecular complexity index is 841. The van der Waals surface area contributed by atoms with Crippen LogP contribution in [0.3, 0.4) is 0 Å². The molecule has 0 aliphatic heterocycles. The van der Waals surface area contributed by atoms with E-state index in [0.717, 1.165) is 18.4 Å². The monoisotopic (exact) mass is 321 g/mol. The molecule has 0 saturated heterocycles. The first-order chi connectivity index (χ1) is 11.6. The van der Waals surface area contributed by atoms with E-state index in [1.54, 1.807) is 20.0 Å². The van der Waals surface area contributed by atoms with Crippen LogP contribution in [0, 0.1) is 13.8 Å². The lowest BCUT2D eigenvalue weighted by Crippen LogP contribution is -2.13. The van der Waals surface area contributed by atoms with E-state index in [1.807, 2.05) is 30.3 Å². The fourth-order valence-electron chi connectivity index (χ4n) is 2.55. The molecular weight excluding hydrogens is 302 g/mol. The maximum absolute atomic E-state index is 12.3. The Balaban J connectivity index is 1.67. The predicted octanol–water partition coefficient (Wildman–Crippen LogP) is 3.72. The minimum absolute atomic E-state index is 0.226. The fourth-order valence-corrected chi connectivity index (χ4v) is 2.55. The number of carbonyl (C=O) groups excluding carboxylic acids is 1. The van der Waals surface area contributed by atoms with E-state index < -0.39 is 0 Å². The van der Waals surface area contributed by atoms with Crippen LogP contribution >= 0.6 is 0 Å². The molecule has 3 rings (SSSR count). The van der Waals surface area contributed by atoms with Crippen molar-refractivity contribution in [3.05, 3.63) is 77.1 Å². The molecule has 2 aromatic heterocycles. The van der Waals surface area contributed by atoms with Crippen molar-refractivity contribution in [2.24, 2.45) is 0 Å². The second-order valence-electron chi connectivity index (χ2n) is 5.64. The second-order valence-corrected chi connectivity index (χ2v) is 5.64. The zero-order valence-electron chi connectivity index (χ0n) is 13.7. The van der Waals surface area contributed by atoms with Crippen molar-refractivity contribution in [3.63, 3.8) is 0 Å². The van der Waals surface area contributed by atoms with Crippen LogP contribution in [0.25, 0.3) is 0 Å². The largest absolute Gasteiger partial charge is 0.436 e. The Morgan fingerprint density at radius 1 is 1.08 bits per heavy atom. The molecule has 0 saturated carbocycles. The van der Waals surface area contributed by atoms with Crippen molar-refractivity contribution in [2.75, 3.05) is 5.32 Å². The number of carbonyl (C=O) groups is 1. The smallest absolute Gasteiger partial charge is 0.294 e. The van der Waals surface area contributed by atoms with E-state index in [0.29, 0.717) is 17.4 Å². The van der Waals surface area contributed by atoms with Crippen LogP contribution in [-0.4, -0.2) is 15.9 Å². The van der Waals surface area contributed by atoms with Gasteiger partial charge in [0.25, 0.3) is 5.91 Å². The number of anilines is 1. The highest BCUT2D eigenvalue weighted by atomic mass is 16.4. The number of oxazole rings is 1. The van der Waals surface area contributed by atoms with Gasteiger partial charge in [-0.2, -0.15) is 0 Å². The van der Waals surface area contributed by atoms with E-state index >= 15 is 0 Å². The molecule has 0 atom stereocenters. The van der Waals surface area contributed by atoms with Gasteiger partial charge in [-0.25, -0.2) is 9.97 Å². The number of hydrogen-bond acceptors (Lipinski definition) is 4. The number of amides is 1. The summed E-state index contributed by atoms with van der Waals surface area (Å²) in [6.07, 6.45) is 3.53. The van der Waals surface area contributed by atoms with Crippen molar-refractivity contribution in [1.82, 2.24) is 9.97 Å². The Morgan fingerprint density at radius 3 is 2.54 bits per heavy atom. The van der Waals surface area contributed by atoms with Crippen molar-refractivity contribution in [1.29, 1.82) is 0 Å². The molecule has 0 fully saturated rings. The minimum atomic E-state index is -0.333. The lowest BCUT2D eigenvalue weighted by Gasteiger charge is -2.06. The number of rotatable bonds is 5. The van der Waals surface area contributed by atoms with Gasteiger partial charge in [0.2, 0.25) is 5.76 Å². The van der Waals surface area contributed by atoms with Crippen LogP contribution in [0.15, 0.2) is 53.1 Å². The number of aryl methyl sites for hydroxylation is 4. The van der Waals surface area contributed by atoms with Gasteiger partial charge >= 0.3 is 0 Å². The highest BCUT2D eigenvalue weighted by molar-refractivity contribution is 6.02. The van der Waals surface area contributed by atoms with Crippen LogP contribution in [0.2, 0.25) is 0 Å². The molecule has 0 bridgehead atoms. The molecule has 0 aliphatic carbocycles. The Morgan fingerprint density at radius 2 is 1.83 bits per heavy atom. The molecule has 5 nitrogen and oxygen atoms in total. The third-order valence-corrected chi connectivity index (χ3v) is 3.72. The SMILES string of the molecule is Cc1nc(C)c(C(=O)Nc2cc(CCc3ccccc3)ccn2)o1. The van der Waals surface area contributed by atoms with Crippen molar-refractivity contribution in [3.8, 4) is 0 Å². The van der Waals surface area contributed by atoms with Gasteiger partial charge in [-0.1, -0.05) is 30.3 Å². The zero-order chi connectivity index (χ0) is 16.9. The van der Waals surface area contributed by atoms with Crippen molar-refractivity contribution < 1.29 is 9.21 Å². The first kappa shape index (κ1) is 15.9. The molecule has 5 heteroatoms. The molecular formula is C19H19N3O2. The highest BCUT2D eigenvalue weighted by Crippen LogP contribution is 2.14. The quantitative estimate of drug-likeness (QED) is 0.777. The van der Waals surface area contributed by atoms with Crippen molar-refractivity contribution in [2.45, 2.75) is 26.7 Å². The molecule has 0 radical (unpaired) electrons. The Kier molecular flexibility index (Phi) is 4.70. The van der Waals surface area contributed by atoms with Crippen LogP contribution in [-0.2, 0) is 12.8 Å². The Hall–Kier alpha value is -2.95. The van der Waals surface area contributed by atoms with E-state index in [-0.39, 0.29) is 11.7 Å². The van der Waals surface area contributed by atoms with Crippen LogP contribution in [0.4, 0.5) is 5.82 Å². The summed E-state index contributed by atoms with van der Waals surface area (Å²) in [7, 11) is 0. The van der Waals surface area contributed by atoms with Crippen molar-refractivity contribution >= 4 is 11.7 Å². The zero-order valence-corrected chi connectivity index (χ0v) is 13.7. The topological polar surface area (TPSA) is 68.0 Å². The lowest BCUT2D eigenvalue weighted by atomic mass is 10.1. The third kappa shape index (κ3) is 3.87. The van der Waals surface area contributed by atoms with E-state index in [4.69, 9.17) is 4.42 Å². The van der Waals surface area contributed by atoms with E-state index in [2.05, 4.69) is 27.4 Å². The number of pyridine rings is 1. The van der Waals surface area contributed by atoms with Gasteiger partial charge in [-0.3, -0.25) is 4.79 Å². The van der Waals surface area contributed by atoms with Gasteiger partial charge in [0.05, 0.1) is 5.69 Å². The number of hydrogen-bond donors (Lipinski definition) is 1. The molecule has 3 aromatic rings. The molecule has 1 aromatic carbocycles. The second kappa shape index (κ2) is 7.08. The molecule has 0 spiro atoms. The number of benzene rings is 1. The summed E-state index contributed by atoms with van der Waals surface area (Å²) in [6, 6.07) is 14.2. The van der Waals surface area contributed by atoms with Gasteiger partial charge in [0.1, 0.15) is 5.82 Å². The standard InChI is InChI=1S/C19H19N3O2/c1-13-18(24-14(2)21-13)19(23)22-17-12-16(10-11-20-17)9-8-15-6-4-3-5-7-15/h3-7,10-12H,8-9H2,1-2H3,(H,20,22,23). The van der Waals surface area contributed by atoms with Crippen LogP contribution < -0.4 is 5.32 Å². The molecule has 122 valence electrons. The maximum atomic E-state index is 12.3. The Labute approximate surface area is 140 Å². The molecule has 0 unspecified atom stereocenters. The van der Waals surface area contributed by atoms with E-state index in [9.17, 15) is 4.79 Å². The molecule has 1 N–H and O–H groups in total. The van der Waals surface area contributed by atoms with Gasteiger partial charge in [-0.05, 0) is 43.0 Å². The number of nitrogens with one attached hydrogen (secondary N) is 1. The average molecular weight is 321 g/mol. The minimum Gasteiger partial charge on any atom is -0.436 e. The average Bonchev–Trinajstić information content (AvgIpc) is 2.93. The summed E-state index contributed by atoms with van der Waals surface area (Å²) >= 11 is 0. The normalized spacial score (nSPS) is 10.6. The highest BCUT2D eigenvalue weighted by Gasteiger charge is 2.16. The van der Waals surface area contributed by atoms with Crippen LogP contribution in [0.5, 0.6) is 0 Å². The molecule has 1 amide bonds. The van der Waals surface area contributed by atoms with Crippen LogP contribution in [0.1, 0.15) is 33.3 Å². The van der Waals surface area contributed by atoms with Gasteiger partial charge in [0.15, 0.2) is 5.89 Å². The number of nitrogens with zero attached hydrogens (tertiary/aromatic N) is 2. The maximum Gasteiger partial charge on any atom is 0.294 e. The predicted molar refractivity (Wildman–Crippen MR) is 92.0 cm³/mol. The third-order valence-electron chi connectivity index (χ3n) is 3.72. The summed E-state index contributed by atoms with van der Waals surface area (Å²) in [4.78, 5) is 20.6. The van der Waals surface area contributed by atoms with E-state index in [1.165, 1.54) is 5.56 Å². The first-order valence-corrected chi connectivity index (χ1v) is 7.86. The summed E-state index contributed by atoms with van der Waals surface area (Å²) in [5.41, 5.74) is 2.98. The molecule has 2 heterocycles.